The van der Waals surface area contributed by atoms with Crippen molar-refractivity contribution >= 4 is 16.9 Å². The van der Waals surface area contributed by atoms with Crippen molar-refractivity contribution in [2.45, 2.75) is 45.2 Å². The zero-order chi connectivity index (χ0) is 16.0. The van der Waals surface area contributed by atoms with Gasteiger partial charge in [0, 0.05) is 36.1 Å². The zero-order valence-corrected chi connectivity index (χ0v) is 13.9. The number of carbonyl (C=O) groups excluding carboxylic acids is 1. The van der Waals surface area contributed by atoms with E-state index in [0.29, 0.717) is 12.1 Å². The lowest BCUT2D eigenvalue weighted by molar-refractivity contribution is 0.00214. The lowest BCUT2D eigenvalue weighted by atomic mass is 9.97. The molecule has 0 N–H and O–H groups in total. The molecule has 2 fully saturated rings. The van der Waals surface area contributed by atoms with Gasteiger partial charge in [-0.25, -0.2) is 0 Å². The number of fused-ring (bicyclic) bond motifs is 1. The molecule has 0 saturated carbocycles. The fourth-order valence-electron chi connectivity index (χ4n) is 3.99. The minimum atomic E-state index is 0.145. The summed E-state index contributed by atoms with van der Waals surface area (Å²) in [6.07, 6.45) is 3.93. The standard InChI is InChI=1S/C19H24N2O2/c1-13-5-3-4-8-21(13)17-11-20(12-17)19(22)15-6-7-18-16(10-15)9-14(2)23-18/h6-7,9-10,13,17H,3-5,8,11-12H2,1-2H3. The molecule has 1 atom stereocenters. The van der Waals surface area contributed by atoms with Gasteiger partial charge in [0.25, 0.3) is 5.91 Å². The smallest absolute Gasteiger partial charge is 0.253 e. The molecule has 2 aliphatic rings. The molecule has 4 rings (SSSR count). The molecule has 0 spiro atoms. The van der Waals surface area contributed by atoms with Crippen LogP contribution in [0.2, 0.25) is 0 Å². The average Bonchev–Trinajstić information content (AvgIpc) is 2.86. The molecule has 2 saturated heterocycles. The highest BCUT2D eigenvalue weighted by Gasteiger charge is 2.37. The minimum absolute atomic E-state index is 0.145. The highest BCUT2D eigenvalue weighted by Crippen LogP contribution is 2.26. The fourth-order valence-corrected chi connectivity index (χ4v) is 3.99. The Balaban J connectivity index is 1.43. The maximum Gasteiger partial charge on any atom is 0.253 e. The number of nitrogens with zero attached hydrogens (tertiary/aromatic N) is 2. The number of furan rings is 1. The maximum absolute atomic E-state index is 12.7. The van der Waals surface area contributed by atoms with Crippen LogP contribution in [0, 0.1) is 6.92 Å². The minimum Gasteiger partial charge on any atom is -0.461 e. The van der Waals surface area contributed by atoms with Crippen LogP contribution in [0.4, 0.5) is 0 Å². The van der Waals surface area contributed by atoms with E-state index in [4.69, 9.17) is 4.42 Å². The van der Waals surface area contributed by atoms with E-state index in [2.05, 4.69) is 11.8 Å². The van der Waals surface area contributed by atoms with E-state index in [9.17, 15) is 4.79 Å². The first-order valence-corrected chi connectivity index (χ1v) is 8.67. The number of rotatable bonds is 2. The van der Waals surface area contributed by atoms with Crippen LogP contribution >= 0.6 is 0 Å². The van der Waals surface area contributed by atoms with Gasteiger partial charge in [-0.2, -0.15) is 0 Å². The number of likely N-dealkylation sites (tertiary alicyclic amines) is 2. The Kier molecular flexibility index (Phi) is 3.64. The second-order valence-electron chi connectivity index (χ2n) is 7.06. The Bertz CT molecular complexity index is 730. The number of hydrogen-bond acceptors (Lipinski definition) is 3. The zero-order valence-electron chi connectivity index (χ0n) is 13.9. The Morgan fingerprint density at radius 3 is 2.83 bits per heavy atom. The summed E-state index contributed by atoms with van der Waals surface area (Å²) in [5.74, 6) is 1.03. The van der Waals surface area contributed by atoms with Crippen LogP contribution in [0.5, 0.6) is 0 Å². The number of hydrogen-bond donors (Lipinski definition) is 0. The van der Waals surface area contributed by atoms with Crippen LogP contribution in [-0.2, 0) is 0 Å². The Morgan fingerprint density at radius 2 is 2.04 bits per heavy atom. The van der Waals surface area contributed by atoms with Crippen LogP contribution < -0.4 is 0 Å². The van der Waals surface area contributed by atoms with Crippen molar-refractivity contribution in [1.29, 1.82) is 0 Å². The summed E-state index contributed by atoms with van der Waals surface area (Å²) in [6, 6.07) is 8.93. The summed E-state index contributed by atoms with van der Waals surface area (Å²) in [7, 11) is 0. The third-order valence-electron chi connectivity index (χ3n) is 5.36. The molecular weight excluding hydrogens is 288 g/mol. The molecule has 4 heteroatoms. The highest BCUT2D eigenvalue weighted by molar-refractivity contribution is 5.98. The molecule has 0 aliphatic carbocycles. The van der Waals surface area contributed by atoms with Gasteiger partial charge in [-0.3, -0.25) is 9.69 Å². The Morgan fingerprint density at radius 1 is 1.22 bits per heavy atom. The first-order chi connectivity index (χ1) is 11.1. The van der Waals surface area contributed by atoms with Crippen LogP contribution in [0.25, 0.3) is 11.0 Å². The van der Waals surface area contributed by atoms with E-state index >= 15 is 0 Å². The average molecular weight is 312 g/mol. The molecule has 0 radical (unpaired) electrons. The number of benzene rings is 1. The molecule has 3 heterocycles. The summed E-state index contributed by atoms with van der Waals surface area (Å²) >= 11 is 0. The molecule has 1 aromatic carbocycles. The van der Waals surface area contributed by atoms with E-state index in [0.717, 1.165) is 35.4 Å². The molecule has 1 aromatic heterocycles. The van der Waals surface area contributed by atoms with Crippen molar-refractivity contribution in [3.8, 4) is 0 Å². The molecular formula is C19H24N2O2. The van der Waals surface area contributed by atoms with E-state index in [1.54, 1.807) is 0 Å². The molecule has 23 heavy (non-hydrogen) atoms. The third-order valence-corrected chi connectivity index (χ3v) is 5.36. The molecule has 1 amide bonds. The molecule has 2 aromatic rings. The second kappa shape index (κ2) is 5.68. The SMILES string of the molecule is Cc1cc2cc(C(=O)N3CC(N4CCCCC4C)C3)ccc2o1. The quantitative estimate of drug-likeness (QED) is 0.852. The monoisotopic (exact) mass is 312 g/mol. The number of carbonyl (C=O) groups is 1. The van der Waals surface area contributed by atoms with Gasteiger partial charge in [0.1, 0.15) is 11.3 Å². The second-order valence-corrected chi connectivity index (χ2v) is 7.06. The van der Waals surface area contributed by atoms with Gasteiger partial charge in [0.15, 0.2) is 0 Å². The lowest BCUT2D eigenvalue weighted by Crippen LogP contribution is -2.63. The van der Waals surface area contributed by atoms with Crippen LogP contribution in [0.1, 0.15) is 42.3 Å². The maximum atomic E-state index is 12.7. The van der Waals surface area contributed by atoms with Crippen molar-refractivity contribution in [2.75, 3.05) is 19.6 Å². The third kappa shape index (κ3) is 2.65. The normalized spacial score (nSPS) is 23.2. The van der Waals surface area contributed by atoms with Gasteiger partial charge in [-0.1, -0.05) is 6.42 Å². The molecule has 4 nitrogen and oxygen atoms in total. The van der Waals surface area contributed by atoms with Crippen LogP contribution in [0.3, 0.4) is 0 Å². The van der Waals surface area contributed by atoms with Gasteiger partial charge in [-0.05, 0) is 57.5 Å². The lowest BCUT2D eigenvalue weighted by Gasteiger charge is -2.49. The first-order valence-electron chi connectivity index (χ1n) is 8.67. The highest BCUT2D eigenvalue weighted by atomic mass is 16.3. The van der Waals surface area contributed by atoms with Crippen LogP contribution in [0.15, 0.2) is 28.7 Å². The van der Waals surface area contributed by atoms with Crippen molar-refractivity contribution in [3.63, 3.8) is 0 Å². The summed E-state index contributed by atoms with van der Waals surface area (Å²) in [6.45, 7) is 7.17. The predicted molar refractivity (Wildman–Crippen MR) is 90.7 cm³/mol. The van der Waals surface area contributed by atoms with Crippen molar-refractivity contribution in [3.05, 3.63) is 35.6 Å². The molecule has 122 valence electrons. The Hall–Kier alpha value is -1.81. The number of piperidine rings is 1. The Labute approximate surface area is 137 Å². The molecule has 2 aliphatic heterocycles. The van der Waals surface area contributed by atoms with Crippen LogP contribution in [-0.4, -0.2) is 47.4 Å². The predicted octanol–water partition coefficient (Wildman–Crippen LogP) is 3.44. The first kappa shape index (κ1) is 14.8. The van der Waals surface area contributed by atoms with Crippen molar-refractivity contribution < 1.29 is 9.21 Å². The summed E-state index contributed by atoms with van der Waals surface area (Å²) in [5.41, 5.74) is 1.62. The van der Waals surface area contributed by atoms with E-state index in [1.807, 2.05) is 36.1 Å². The number of amides is 1. The number of aryl methyl sites for hydroxylation is 1. The van der Waals surface area contributed by atoms with Crippen molar-refractivity contribution in [1.82, 2.24) is 9.80 Å². The summed E-state index contributed by atoms with van der Waals surface area (Å²) in [5, 5.41) is 1.01. The topological polar surface area (TPSA) is 36.7 Å². The largest absolute Gasteiger partial charge is 0.461 e. The van der Waals surface area contributed by atoms with Gasteiger partial charge < -0.3 is 9.32 Å². The summed E-state index contributed by atoms with van der Waals surface area (Å²) < 4.78 is 5.58. The van der Waals surface area contributed by atoms with Gasteiger partial charge in [-0.15, -0.1) is 0 Å². The van der Waals surface area contributed by atoms with Gasteiger partial charge in [0.2, 0.25) is 0 Å². The van der Waals surface area contributed by atoms with E-state index in [1.165, 1.54) is 25.8 Å². The van der Waals surface area contributed by atoms with Gasteiger partial charge in [0.05, 0.1) is 0 Å². The van der Waals surface area contributed by atoms with Crippen molar-refractivity contribution in [2.24, 2.45) is 0 Å². The van der Waals surface area contributed by atoms with E-state index in [-0.39, 0.29) is 5.91 Å². The van der Waals surface area contributed by atoms with Gasteiger partial charge >= 0.3 is 0 Å². The van der Waals surface area contributed by atoms with E-state index < -0.39 is 0 Å². The molecule has 1 unspecified atom stereocenters. The summed E-state index contributed by atoms with van der Waals surface area (Å²) in [4.78, 5) is 17.2. The molecule has 0 bridgehead atoms. The fraction of sp³-hybridized carbons (Fsp3) is 0.526.